The average molecular weight is 445 g/mol. The van der Waals surface area contributed by atoms with Crippen molar-refractivity contribution in [2.75, 3.05) is 13.2 Å². The molecule has 3 aromatic rings. The molecule has 0 aliphatic rings. The highest BCUT2D eigenvalue weighted by molar-refractivity contribution is 7.12. The Bertz CT molecular complexity index is 1080. The van der Waals surface area contributed by atoms with Crippen molar-refractivity contribution in [2.45, 2.75) is 39.6 Å². The molecule has 4 heteroatoms. The second-order valence-electron chi connectivity index (χ2n) is 7.36. The van der Waals surface area contributed by atoms with Gasteiger partial charge in [-0.3, -0.25) is 0 Å². The predicted molar refractivity (Wildman–Crippen MR) is 130 cm³/mol. The van der Waals surface area contributed by atoms with Gasteiger partial charge in [0.25, 0.3) is 0 Å². The summed E-state index contributed by atoms with van der Waals surface area (Å²) >= 11 is 1.60. The Labute approximate surface area is 195 Å². The Kier molecular flexibility index (Phi) is 8.68. The lowest BCUT2D eigenvalue weighted by Gasteiger charge is -2.29. The van der Waals surface area contributed by atoms with Gasteiger partial charge in [-0.05, 0) is 67.3 Å². The molecule has 1 N–H and O–H groups in total. The molecule has 0 unspecified atom stereocenters. The summed E-state index contributed by atoms with van der Waals surface area (Å²) in [6.45, 7) is 7.29. The predicted octanol–water partition coefficient (Wildman–Crippen LogP) is 5.42. The maximum atomic E-state index is 12.2. The summed E-state index contributed by atoms with van der Waals surface area (Å²) in [6, 6.07) is 19.9. The molecule has 1 aromatic heterocycles. The minimum atomic E-state index is -1.28. The van der Waals surface area contributed by atoms with E-state index in [4.69, 9.17) is 9.47 Å². The van der Waals surface area contributed by atoms with Gasteiger partial charge in [0.2, 0.25) is 0 Å². The van der Waals surface area contributed by atoms with Gasteiger partial charge in [-0.1, -0.05) is 48.2 Å². The standard InChI is InChI=1S/C28H28O3S/c1-4-6-16-30-20-23-10-8-12-25(18-23)28(29,27-15-14-22(3)32-27)26-13-9-11-24(19-26)21-31-17-7-5-2/h8-15,18-19,29H,16-17,20-21H2,1-3H3. The fourth-order valence-corrected chi connectivity index (χ4v) is 4.44. The number of rotatable bonds is 9. The lowest BCUT2D eigenvalue weighted by atomic mass is 9.83. The van der Waals surface area contributed by atoms with Crippen LogP contribution in [0.25, 0.3) is 0 Å². The highest BCUT2D eigenvalue weighted by Gasteiger charge is 2.35. The van der Waals surface area contributed by atoms with Crippen LogP contribution >= 0.6 is 11.3 Å². The normalized spacial score (nSPS) is 10.8. The minimum absolute atomic E-state index is 0.388. The number of ether oxygens (including phenoxy) is 2. The first-order chi connectivity index (χ1) is 15.6. The number of aliphatic hydroxyl groups is 1. The second kappa shape index (κ2) is 11.7. The van der Waals surface area contributed by atoms with Crippen molar-refractivity contribution in [1.82, 2.24) is 0 Å². The van der Waals surface area contributed by atoms with Crippen LogP contribution < -0.4 is 0 Å². The zero-order valence-electron chi connectivity index (χ0n) is 18.8. The molecule has 2 aromatic carbocycles. The van der Waals surface area contributed by atoms with Gasteiger partial charge in [-0.25, -0.2) is 0 Å². The van der Waals surface area contributed by atoms with Crippen LogP contribution in [-0.4, -0.2) is 18.3 Å². The molecule has 0 saturated carbocycles. The number of hydrogen-bond donors (Lipinski definition) is 1. The lowest BCUT2D eigenvalue weighted by molar-refractivity contribution is 0.127. The maximum absolute atomic E-state index is 12.2. The lowest BCUT2D eigenvalue weighted by Crippen LogP contribution is -2.28. The molecule has 32 heavy (non-hydrogen) atoms. The summed E-state index contributed by atoms with van der Waals surface area (Å²) in [5, 5.41) is 12.2. The quantitative estimate of drug-likeness (QED) is 0.354. The van der Waals surface area contributed by atoms with Gasteiger partial charge < -0.3 is 14.6 Å². The molecular formula is C28H28O3S. The molecule has 0 aliphatic heterocycles. The van der Waals surface area contributed by atoms with E-state index < -0.39 is 5.60 Å². The van der Waals surface area contributed by atoms with Gasteiger partial charge in [0.1, 0.15) is 18.8 Å². The van der Waals surface area contributed by atoms with Crippen LogP contribution in [0.15, 0.2) is 60.7 Å². The Morgan fingerprint density at radius 3 is 1.78 bits per heavy atom. The Morgan fingerprint density at radius 2 is 1.34 bits per heavy atom. The zero-order chi connectivity index (χ0) is 22.8. The molecule has 0 radical (unpaired) electrons. The van der Waals surface area contributed by atoms with Crippen LogP contribution in [0.5, 0.6) is 0 Å². The van der Waals surface area contributed by atoms with Crippen molar-refractivity contribution < 1.29 is 14.6 Å². The molecule has 0 fully saturated rings. The molecule has 0 saturated heterocycles. The SMILES string of the molecule is CC#CCOCc1cccc(C(O)(c2cccc(COCC#CC)c2)c2ccc(C)s2)c1. The summed E-state index contributed by atoms with van der Waals surface area (Å²) in [6.07, 6.45) is 0. The molecule has 3 rings (SSSR count). The van der Waals surface area contributed by atoms with Crippen molar-refractivity contribution in [1.29, 1.82) is 0 Å². The van der Waals surface area contributed by atoms with Gasteiger partial charge >= 0.3 is 0 Å². The van der Waals surface area contributed by atoms with Crippen molar-refractivity contribution in [3.63, 3.8) is 0 Å². The van der Waals surface area contributed by atoms with E-state index in [1.807, 2.05) is 67.6 Å². The third kappa shape index (κ3) is 5.88. The van der Waals surface area contributed by atoms with Gasteiger partial charge in [0.15, 0.2) is 0 Å². The van der Waals surface area contributed by atoms with Crippen molar-refractivity contribution in [3.05, 3.63) is 92.7 Å². The molecule has 3 nitrogen and oxygen atoms in total. The van der Waals surface area contributed by atoms with Crippen molar-refractivity contribution in [3.8, 4) is 23.7 Å². The van der Waals surface area contributed by atoms with E-state index in [9.17, 15) is 5.11 Å². The monoisotopic (exact) mass is 444 g/mol. The van der Waals surface area contributed by atoms with Gasteiger partial charge in [0.05, 0.1) is 13.2 Å². The molecule has 0 amide bonds. The zero-order valence-corrected chi connectivity index (χ0v) is 19.6. The summed E-state index contributed by atoms with van der Waals surface area (Å²) in [5.74, 6) is 11.5. The fraction of sp³-hybridized carbons (Fsp3) is 0.286. The van der Waals surface area contributed by atoms with E-state index >= 15 is 0 Å². The van der Waals surface area contributed by atoms with Crippen molar-refractivity contribution in [2.24, 2.45) is 0 Å². The molecular weight excluding hydrogens is 416 g/mol. The van der Waals surface area contributed by atoms with E-state index in [1.165, 1.54) is 0 Å². The van der Waals surface area contributed by atoms with Crippen LogP contribution in [0.3, 0.4) is 0 Å². The van der Waals surface area contributed by atoms with Crippen LogP contribution in [0, 0.1) is 30.6 Å². The van der Waals surface area contributed by atoms with Crippen molar-refractivity contribution >= 4 is 11.3 Å². The van der Waals surface area contributed by atoms with E-state index in [1.54, 1.807) is 25.2 Å². The number of hydrogen-bond acceptors (Lipinski definition) is 4. The van der Waals surface area contributed by atoms with E-state index in [2.05, 4.69) is 23.7 Å². The first kappa shape index (κ1) is 23.8. The number of thiophene rings is 1. The highest BCUT2D eigenvalue weighted by Crippen LogP contribution is 2.40. The number of benzene rings is 2. The van der Waals surface area contributed by atoms with Crippen LogP contribution in [0.4, 0.5) is 0 Å². The Balaban J connectivity index is 1.97. The summed E-state index contributed by atoms with van der Waals surface area (Å²) in [7, 11) is 0. The topological polar surface area (TPSA) is 38.7 Å². The molecule has 0 atom stereocenters. The van der Waals surface area contributed by atoms with Crippen LogP contribution in [0.1, 0.15) is 45.9 Å². The molecule has 1 heterocycles. The first-order valence-corrected chi connectivity index (χ1v) is 11.3. The first-order valence-electron chi connectivity index (χ1n) is 10.5. The maximum Gasteiger partial charge on any atom is 0.149 e. The molecule has 0 spiro atoms. The molecule has 0 bridgehead atoms. The minimum Gasteiger partial charge on any atom is -0.375 e. The molecule has 0 aliphatic carbocycles. The van der Waals surface area contributed by atoms with E-state index in [-0.39, 0.29) is 0 Å². The summed E-state index contributed by atoms with van der Waals surface area (Å²) in [4.78, 5) is 2.02. The Morgan fingerprint density at radius 1 is 0.812 bits per heavy atom. The third-order valence-corrected chi connectivity index (χ3v) is 6.14. The molecule has 164 valence electrons. The fourth-order valence-electron chi connectivity index (χ4n) is 3.44. The van der Waals surface area contributed by atoms with Gasteiger partial charge in [-0.15, -0.1) is 23.2 Å². The average Bonchev–Trinajstić information content (AvgIpc) is 3.26. The highest BCUT2D eigenvalue weighted by atomic mass is 32.1. The van der Waals surface area contributed by atoms with Crippen LogP contribution in [-0.2, 0) is 28.3 Å². The van der Waals surface area contributed by atoms with E-state index in [0.29, 0.717) is 26.4 Å². The third-order valence-electron chi connectivity index (χ3n) is 5.03. The summed E-state index contributed by atoms with van der Waals surface area (Å²) < 4.78 is 11.3. The summed E-state index contributed by atoms with van der Waals surface area (Å²) in [5.41, 5.74) is 2.31. The Hall–Kier alpha value is -2.86. The number of aryl methyl sites for hydroxylation is 1. The van der Waals surface area contributed by atoms with Crippen LogP contribution in [0.2, 0.25) is 0 Å². The smallest absolute Gasteiger partial charge is 0.149 e. The van der Waals surface area contributed by atoms with Gasteiger partial charge in [0, 0.05) is 9.75 Å². The van der Waals surface area contributed by atoms with E-state index in [0.717, 1.165) is 32.0 Å². The second-order valence-corrected chi connectivity index (χ2v) is 8.65. The van der Waals surface area contributed by atoms with Gasteiger partial charge in [-0.2, -0.15) is 0 Å². The largest absolute Gasteiger partial charge is 0.375 e.